The average molecular weight is 392 g/mol. The molecule has 0 unspecified atom stereocenters. The third-order valence-corrected chi connectivity index (χ3v) is 5.94. The number of carbonyl (C=O) groups excluding carboxylic acids is 1. The van der Waals surface area contributed by atoms with E-state index < -0.39 is 5.63 Å². The molecule has 2 aliphatic rings. The predicted molar refractivity (Wildman–Crippen MR) is 106 cm³/mol. The predicted octanol–water partition coefficient (Wildman–Crippen LogP) is 2.22. The minimum Gasteiger partial charge on any atom is -0.493 e. The number of carbonyl (C=O) groups is 1. The van der Waals surface area contributed by atoms with Crippen molar-refractivity contribution in [3.8, 4) is 5.75 Å². The summed E-state index contributed by atoms with van der Waals surface area (Å²) < 4.78 is 12.5. The summed E-state index contributed by atoms with van der Waals surface area (Å²) in [6, 6.07) is 12.1. The Bertz CT molecular complexity index is 1240. The first-order chi connectivity index (χ1) is 14.0. The summed E-state index contributed by atoms with van der Waals surface area (Å²) in [5.74, 6) is 0.406. The fourth-order valence-electron chi connectivity index (χ4n) is 4.66. The molecule has 2 aliphatic heterocycles. The first-order valence-corrected chi connectivity index (χ1v) is 9.65. The van der Waals surface area contributed by atoms with Gasteiger partial charge in [0.25, 0.3) is 11.5 Å². The number of para-hydroxylation sites is 1. The number of nitrogens with zero attached hydrogens (tertiary/aromatic N) is 2. The molecule has 1 saturated heterocycles. The zero-order valence-electron chi connectivity index (χ0n) is 16.0. The molecule has 2 aromatic heterocycles. The SMILES string of the molecule is COc1cccc2cc(C(=O)N3C[C@@H]4C[C@@H](C3)c3cccc(=O)n3C4)c(=O)oc12. The van der Waals surface area contributed by atoms with Gasteiger partial charge < -0.3 is 18.6 Å². The Balaban J connectivity index is 1.50. The number of benzene rings is 1. The fourth-order valence-corrected chi connectivity index (χ4v) is 4.66. The van der Waals surface area contributed by atoms with Crippen LogP contribution in [-0.2, 0) is 6.54 Å². The van der Waals surface area contributed by atoms with Crippen molar-refractivity contribution in [3.63, 3.8) is 0 Å². The number of rotatable bonds is 2. The molecule has 0 saturated carbocycles. The van der Waals surface area contributed by atoms with Gasteiger partial charge in [-0.3, -0.25) is 9.59 Å². The lowest BCUT2D eigenvalue weighted by Crippen LogP contribution is -2.49. The van der Waals surface area contributed by atoms with Gasteiger partial charge >= 0.3 is 5.63 Å². The van der Waals surface area contributed by atoms with E-state index in [1.165, 1.54) is 7.11 Å². The van der Waals surface area contributed by atoms with E-state index in [0.717, 1.165) is 12.1 Å². The third-order valence-electron chi connectivity index (χ3n) is 5.94. The van der Waals surface area contributed by atoms with E-state index in [1.54, 1.807) is 41.3 Å². The maximum atomic E-state index is 13.2. The Labute approximate surface area is 166 Å². The number of amides is 1. The number of likely N-dealkylation sites (tertiary alicyclic amines) is 1. The maximum Gasteiger partial charge on any atom is 0.349 e. The number of hydrogen-bond acceptors (Lipinski definition) is 5. The molecule has 0 spiro atoms. The molecule has 1 amide bonds. The molecule has 7 nitrogen and oxygen atoms in total. The highest BCUT2D eigenvalue weighted by atomic mass is 16.5. The Morgan fingerprint density at radius 1 is 1.10 bits per heavy atom. The minimum absolute atomic E-state index is 0.00102. The van der Waals surface area contributed by atoms with Gasteiger partial charge in [-0.25, -0.2) is 4.79 Å². The van der Waals surface area contributed by atoms with E-state index in [0.29, 0.717) is 36.4 Å². The Morgan fingerprint density at radius 3 is 2.76 bits per heavy atom. The Hall–Kier alpha value is -3.35. The topological polar surface area (TPSA) is 81.8 Å². The van der Waals surface area contributed by atoms with Crippen LogP contribution in [0.3, 0.4) is 0 Å². The van der Waals surface area contributed by atoms with Crippen LogP contribution in [0.4, 0.5) is 0 Å². The molecule has 1 fully saturated rings. The normalized spacial score (nSPS) is 20.4. The second-order valence-electron chi connectivity index (χ2n) is 7.73. The molecule has 7 heteroatoms. The Kier molecular flexibility index (Phi) is 4.04. The van der Waals surface area contributed by atoms with Crippen molar-refractivity contribution in [2.75, 3.05) is 20.2 Å². The summed E-state index contributed by atoms with van der Waals surface area (Å²) in [6.45, 7) is 1.60. The standard InChI is InChI=1S/C22H20N2O5/c1-28-18-6-2-4-14-9-16(22(27)29-20(14)18)21(26)23-10-13-8-15(12-23)17-5-3-7-19(25)24(17)11-13/h2-7,9,13,15H,8,10-12H2,1H3/t13-,15-/m0/s1. The van der Waals surface area contributed by atoms with E-state index in [4.69, 9.17) is 9.15 Å². The highest BCUT2D eigenvalue weighted by Crippen LogP contribution is 2.35. The van der Waals surface area contributed by atoms with Crippen LogP contribution < -0.4 is 15.9 Å². The zero-order chi connectivity index (χ0) is 20.1. The van der Waals surface area contributed by atoms with Gasteiger partial charge in [-0.1, -0.05) is 18.2 Å². The number of ether oxygens (including phenoxy) is 1. The second-order valence-corrected chi connectivity index (χ2v) is 7.73. The van der Waals surface area contributed by atoms with Crippen LogP contribution in [0.15, 0.2) is 56.5 Å². The van der Waals surface area contributed by atoms with Crippen LogP contribution in [-0.4, -0.2) is 35.6 Å². The van der Waals surface area contributed by atoms with E-state index in [-0.39, 0.29) is 28.9 Å². The van der Waals surface area contributed by atoms with Crippen LogP contribution >= 0.6 is 0 Å². The van der Waals surface area contributed by atoms with E-state index >= 15 is 0 Å². The lowest BCUT2D eigenvalue weighted by Gasteiger charge is -2.42. The molecule has 0 radical (unpaired) electrons. The van der Waals surface area contributed by atoms with E-state index in [2.05, 4.69) is 0 Å². The van der Waals surface area contributed by atoms with Crippen molar-refractivity contribution in [3.05, 3.63) is 74.5 Å². The maximum absolute atomic E-state index is 13.2. The first-order valence-electron chi connectivity index (χ1n) is 9.65. The molecule has 0 aliphatic carbocycles. The van der Waals surface area contributed by atoms with Crippen LogP contribution in [0.2, 0.25) is 0 Å². The lowest BCUT2D eigenvalue weighted by atomic mass is 9.83. The fraction of sp³-hybridized carbons (Fsp3) is 0.318. The first kappa shape index (κ1) is 17.7. The molecule has 29 heavy (non-hydrogen) atoms. The van der Waals surface area contributed by atoms with Crippen LogP contribution in [0.5, 0.6) is 5.75 Å². The molecular formula is C22H20N2O5. The summed E-state index contributed by atoms with van der Waals surface area (Å²) in [5.41, 5.74) is 0.651. The monoisotopic (exact) mass is 392 g/mol. The van der Waals surface area contributed by atoms with Crippen molar-refractivity contribution in [1.82, 2.24) is 9.47 Å². The smallest absolute Gasteiger partial charge is 0.349 e. The van der Waals surface area contributed by atoms with Crippen LogP contribution in [0.1, 0.15) is 28.4 Å². The molecule has 0 N–H and O–H groups in total. The van der Waals surface area contributed by atoms with Crippen molar-refractivity contribution < 1.29 is 13.9 Å². The van der Waals surface area contributed by atoms with E-state index in [9.17, 15) is 14.4 Å². The molecule has 2 bridgehead atoms. The quantitative estimate of drug-likeness (QED) is 0.625. The molecular weight excluding hydrogens is 372 g/mol. The van der Waals surface area contributed by atoms with Crippen molar-refractivity contribution >= 4 is 16.9 Å². The van der Waals surface area contributed by atoms with Gasteiger partial charge in [0, 0.05) is 42.7 Å². The number of methoxy groups -OCH3 is 1. The molecule has 1 aromatic carbocycles. The summed E-state index contributed by atoms with van der Waals surface area (Å²) in [7, 11) is 1.50. The second kappa shape index (κ2) is 6.62. The number of pyridine rings is 1. The molecule has 148 valence electrons. The van der Waals surface area contributed by atoms with Crippen LogP contribution in [0, 0.1) is 5.92 Å². The average Bonchev–Trinajstić information content (AvgIpc) is 2.73. The number of aromatic nitrogens is 1. The van der Waals surface area contributed by atoms with Crippen molar-refractivity contribution in [2.24, 2.45) is 5.92 Å². The molecule has 2 atom stereocenters. The van der Waals surface area contributed by atoms with Gasteiger partial charge in [-0.2, -0.15) is 0 Å². The van der Waals surface area contributed by atoms with E-state index in [1.807, 2.05) is 10.6 Å². The van der Waals surface area contributed by atoms with Gasteiger partial charge in [0.15, 0.2) is 11.3 Å². The Morgan fingerprint density at radius 2 is 1.93 bits per heavy atom. The summed E-state index contributed by atoms with van der Waals surface area (Å²) in [4.78, 5) is 39.6. The van der Waals surface area contributed by atoms with Gasteiger partial charge in [0.05, 0.1) is 7.11 Å². The molecule has 5 rings (SSSR count). The van der Waals surface area contributed by atoms with Crippen LogP contribution in [0.25, 0.3) is 11.0 Å². The largest absolute Gasteiger partial charge is 0.493 e. The van der Waals surface area contributed by atoms with Crippen molar-refractivity contribution in [2.45, 2.75) is 18.9 Å². The highest BCUT2D eigenvalue weighted by molar-refractivity contribution is 5.97. The summed E-state index contributed by atoms with van der Waals surface area (Å²) in [5, 5.41) is 0.640. The molecule has 4 heterocycles. The summed E-state index contributed by atoms with van der Waals surface area (Å²) in [6.07, 6.45) is 0.941. The zero-order valence-corrected chi connectivity index (χ0v) is 16.0. The van der Waals surface area contributed by atoms with Gasteiger partial charge in [-0.15, -0.1) is 0 Å². The number of piperidine rings is 1. The van der Waals surface area contributed by atoms with Gasteiger partial charge in [-0.05, 0) is 30.5 Å². The number of fused-ring (bicyclic) bond motifs is 5. The van der Waals surface area contributed by atoms with Gasteiger partial charge in [0.2, 0.25) is 0 Å². The lowest BCUT2D eigenvalue weighted by molar-refractivity contribution is 0.0590. The number of hydrogen-bond donors (Lipinski definition) is 0. The molecule has 3 aromatic rings. The highest BCUT2D eigenvalue weighted by Gasteiger charge is 2.37. The van der Waals surface area contributed by atoms with Crippen molar-refractivity contribution in [1.29, 1.82) is 0 Å². The summed E-state index contributed by atoms with van der Waals surface area (Å²) >= 11 is 0. The van der Waals surface area contributed by atoms with Gasteiger partial charge in [0.1, 0.15) is 5.56 Å². The third kappa shape index (κ3) is 2.85. The minimum atomic E-state index is -0.667.